The van der Waals surface area contributed by atoms with Gasteiger partial charge in [0, 0.05) is 71.5 Å². The van der Waals surface area contributed by atoms with E-state index in [1.54, 1.807) is 7.11 Å². The van der Waals surface area contributed by atoms with E-state index < -0.39 is 0 Å². The van der Waals surface area contributed by atoms with E-state index in [0.717, 1.165) is 54.8 Å². The molecule has 216 valence electrons. The number of ether oxygens (including phenoxy) is 1. The smallest absolute Gasteiger partial charge is 0.224 e. The fraction of sp³-hybridized carbons (Fsp3) is 0.412. The number of aryl methyl sites for hydroxylation is 1. The van der Waals surface area contributed by atoms with Crippen molar-refractivity contribution < 1.29 is 9.53 Å². The predicted molar refractivity (Wildman–Crippen MR) is 167 cm³/mol. The van der Waals surface area contributed by atoms with Gasteiger partial charge in [-0.05, 0) is 66.6 Å². The first-order valence-electron chi connectivity index (χ1n) is 14.8. The van der Waals surface area contributed by atoms with Gasteiger partial charge in [0.2, 0.25) is 5.91 Å². The van der Waals surface area contributed by atoms with Crippen LogP contribution in [0.25, 0.3) is 22.2 Å². The first-order valence-corrected chi connectivity index (χ1v) is 14.8. The molecule has 0 aliphatic carbocycles. The molecule has 2 atom stereocenters. The Labute approximate surface area is 243 Å². The summed E-state index contributed by atoms with van der Waals surface area (Å²) in [5.41, 5.74) is 13.4. The third-order valence-corrected chi connectivity index (χ3v) is 8.16. The molecule has 1 fully saturated rings. The van der Waals surface area contributed by atoms with Gasteiger partial charge in [-0.15, -0.1) is 0 Å². The number of anilines is 1. The zero-order chi connectivity index (χ0) is 28.8. The van der Waals surface area contributed by atoms with E-state index in [4.69, 9.17) is 15.5 Å². The van der Waals surface area contributed by atoms with Gasteiger partial charge in [-0.3, -0.25) is 4.79 Å². The number of likely N-dealkylation sites (tertiary alicyclic amines) is 1. The van der Waals surface area contributed by atoms with Crippen LogP contribution in [0.15, 0.2) is 72.8 Å². The Morgan fingerprint density at radius 1 is 1.05 bits per heavy atom. The van der Waals surface area contributed by atoms with E-state index in [1.165, 1.54) is 16.8 Å². The van der Waals surface area contributed by atoms with Gasteiger partial charge in [0.25, 0.3) is 0 Å². The Morgan fingerprint density at radius 2 is 1.76 bits per heavy atom. The summed E-state index contributed by atoms with van der Waals surface area (Å²) in [6, 6.07) is 25.2. The van der Waals surface area contributed by atoms with Gasteiger partial charge < -0.3 is 24.8 Å². The highest BCUT2D eigenvalue weighted by molar-refractivity contribution is 5.78. The highest BCUT2D eigenvalue weighted by atomic mass is 16.5. The quantitative estimate of drug-likeness (QED) is 0.249. The van der Waals surface area contributed by atoms with Gasteiger partial charge in [-0.2, -0.15) is 0 Å². The fourth-order valence-electron chi connectivity index (χ4n) is 5.94. The Bertz CT molecular complexity index is 1430. The van der Waals surface area contributed by atoms with Crippen molar-refractivity contribution >= 4 is 22.6 Å². The van der Waals surface area contributed by atoms with Crippen molar-refractivity contribution in [2.24, 2.45) is 5.73 Å². The highest BCUT2D eigenvalue weighted by Crippen LogP contribution is 2.30. The first-order chi connectivity index (χ1) is 19.9. The van der Waals surface area contributed by atoms with Crippen molar-refractivity contribution in [3.63, 3.8) is 0 Å². The molecule has 0 unspecified atom stereocenters. The minimum atomic E-state index is -0.216. The number of amides is 1. The van der Waals surface area contributed by atoms with Gasteiger partial charge in [0.1, 0.15) is 5.82 Å². The van der Waals surface area contributed by atoms with Crippen LogP contribution in [-0.2, 0) is 22.5 Å². The molecule has 1 saturated heterocycles. The Hall–Kier alpha value is -3.68. The largest absolute Gasteiger partial charge is 0.385 e. The summed E-state index contributed by atoms with van der Waals surface area (Å²) >= 11 is 0. The van der Waals surface area contributed by atoms with Gasteiger partial charge in [0.05, 0.1) is 11.0 Å². The number of imidazole rings is 1. The average molecular weight is 554 g/mol. The van der Waals surface area contributed by atoms with E-state index >= 15 is 0 Å². The Morgan fingerprint density at radius 3 is 2.46 bits per heavy atom. The van der Waals surface area contributed by atoms with Crippen LogP contribution in [0, 0.1) is 0 Å². The first kappa shape index (κ1) is 28.8. The van der Waals surface area contributed by atoms with Crippen LogP contribution in [0.3, 0.4) is 0 Å². The number of benzene rings is 3. The number of methoxy groups -OCH3 is 1. The average Bonchev–Trinajstić information content (AvgIpc) is 3.36. The van der Waals surface area contributed by atoms with Gasteiger partial charge >= 0.3 is 0 Å². The molecule has 5 rings (SSSR count). The summed E-state index contributed by atoms with van der Waals surface area (Å²) in [6.45, 7) is 3.05. The molecule has 2 N–H and O–H groups in total. The molecule has 41 heavy (non-hydrogen) atoms. The van der Waals surface area contributed by atoms with Crippen LogP contribution in [0.1, 0.15) is 43.0 Å². The lowest BCUT2D eigenvalue weighted by Crippen LogP contribution is -2.42. The van der Waals surface area contributed by atoms with Crippen molar-refractivity contribution in [3.05, 3.63) is 84.2 Å². The molecule has 1 aromatic heterocycles. The fourth-order valence-corrected chi connectivity index (χ4v) is 5.94. The molecule has 1 amide bonds. The second kappa shape index (κ2) is 13.3. The van der Waals surface area contributed by atoms with Crippen molar-refractivity contribution in [1.82, 2.24) is 14.5 Å². The van der Waals surface area contributed by atoms with Crippen molar-refractivity contribution in [1.29, 1.82) is 0 Å². The number of carbonyl (C=O) groups is 1. The normalized spacial score (nSPS) is 16.2. The highest BCUT2D eigenvalue weighted by Gasteiger charge is 2.29. The minimum absolute atomic E-state index is 0.141. The van der Waals surface area contributed by atoms with Crippen LogP contribution in [0.5, 0.6) is 0 Å². The molecule has 7 heteroatoms. The van der Waals surface area contributed by atoms with E-state index in [2.05, 4.69) is 76.2 Å². The molecular formula is C34H43N5O2. The lowest BCUT2D eigenvalue weighted by molar-refractivity contribution is -0.132. The molecule has 0 spiro atoms. The summed E-state index contributed by atoms with van der Waals surface area (Å²) in [5.74, 6) is 1.44. The number of fused-ring (bicyclic) bond motifs is 1. The topological polar surface area (TPSA) is 76.6 Å². The Kier molecular flexibility index (Phi) is 9.37. The van der Waals surface area contributed by atoms with Crippen LogP contribution >= 0.6 is 0 Å². The maximum Gasteiger partial charge on any atom is 0.224 e. The van der Waals surface area contributed by atoms with Crippen LogP contribution in [0.2, 0.25) is 0 Å². The number of rotatable bonds is 11. The summed E-state index contributed by atoms with van der Waals surface area (Å²) in [4.78, 5) is 22.5. The number of aromatic nitrogens is 2. The summed E-state index contributed by atoms with van der Waals surface area (Å²) in [6.07, 6.45) is 3.97. The molecule has 4 aromatic rings. The van der Waals surface area contributed by atoms with Crippen LogP contribution in [0.4, 0.5) is 5.69 Å². The lowest BCUT2D eigenvalue weighted by Gasteiger charge is -2.33. The van der Waals surface area contributed by atoms with Crippen molar-refractivity contribution in [2.45, 2.75) is 50.6 Å². The summed E-state index contributed by atoms with van der Waals surface area (Å²) in [7, 11) is 5.83. The standard InChI is InChI=1S/C34H43N5O2/c1-37(2)30-17-15-27(16-18-30)26-13-11-25(12-14-26)22-29(35)23-33(40)38-19-6-8-28(24-38)34-36-31-9-4-5-10-32(31)39(34)20-7-21-41-3/h4-5,9-18,28-29H,6-8,19-24,35H2,1-3H3/t28-,29-/m1/s1. The summed E-state index contributed by atoms with van der Waals surface area (Å²) < 4.78 is 7.63. The molecule has 1 aliphatic rings. The zero-order valence-corrected chi connectivity index (χ0v) is 24.6. The minimum Gasteiger partial charge on any atom is -0.385 e. The SMILES string of the molecule is COCCCn1c([C@@H]2CCCN(C(=O)C[C@H](N)Cc3ccc(-c4ccc(N(C)C)cc4)cc3)C2)nc2ccccc21. The predicted octanol–water partition coefficient (Wildman–Crippen LogP) is 5.47. The number of nitrogens with two attached hydrogens (primary N) is 1. The molecule has 1 aliphatic heterocycles. The van der Waals surface area contributed by atoms with Gasteiger partial charge in [-0.1, -0.05) is 48.5 Å². The third kappa shape index (κ3) is 6.97. The number of hydrogen-bond acceptors (Lipinski definition) is 5. The Balaban J connectivity index is 1.19. The summed E-state index contributed by atoms with van der Waals surface area (Å²) in [5, 5.41) is 0. The number of para-hydroxylation sites is 2. The second-order valence-corrected chi connectivity index (χ2v) is 11.4. The van der Waals surface area contributed by atoms with Crippen molar-refractivity contribution in [2.75, 3.05) is 45.8 Å². The van der Waals surface area contributed by atoms with E-state index in [-0.39, 0.29) is 17.9 Å². The number of carbonyl (C=O) groups excluding carboxylic acids is 1. The molecular weight excluding hydrogens is 510 g/mol. The number of hydrogen-bond donors (Lipinski definition) is 1. The molecule has 7 nitrogen and oxygen atoms in total. The number of nitrogens with zero attached hydrogens (tertiary/aromatic N) is 4. The maximum absolute atomic E-state index is 13.4. The van der Waals surface area contributed by atoms with E-state index in [1.807, 2.05) is 25.1 Å². The third-order valence-electron chi connectivity index (χ3n) is 8.16. The lowest BCUT2D eigenvalue weighted by atomic mass is 9.95. The molecule has 0 radical (unpaired) electrons. The van der Waals surface area contributed by atoms with Crippen LogP contribution in [-0.4, -0.2) is 67.3 Å². The second-order valence-electron chi connectivity index (χ2n) is 11.4. The zero-order valence-electron chi connectivity index (χ0n) is 24.6. The molecule has 3 aromatic carbocycles. The van der Waals surface area contributed by atoms with Crippen molar-refractivity contribution in [3.8, 4) is 11.1 Å². The number of piperidine rings is 1. The van der Waals surface area contributed by atoms with Gasteiger partial charge in [0.15, 0.2) is 0 Å². The van der Waals surface area contributed by atoms with E-state index in [9.17, 15) is 4.79 Å². The molecule has 0 saturated carbocycles. The van der Waals surface area contributed by atoms with Gasteiger partial charge in [-0.25, -0.2) is 4.98 Å². The maximum atomic E-state index is 13.4. The molecule has 2 heterocycles. The monoisotopic (exact) mass is 553 g/mol. The van der Waals surface area contributed by atoms with E-state index in [0.29, 0.717) is 26.0 Å². The molecule has 0 bridgehead atoms. The van der Waals surface area contributed by atoms with Crippen LogP contribution < -0.4 is 10.6 Å².